The third kappa shape index (κ3) is 5.56. The van der Waals surface area contributed by atoms with Crippen LogP contribution in [0.2, 0.25) is 0 Å². The Morgan fingerprint density at radius 2 is 1.93 bits per heavy atom. The van der Waals surface area contributed by atoms with E-state index in [1.165, 1.54) is 0 Å². The number of carbonyl (C=O) groups is 2. The first-order chi connectivity index (χ1) is 13.2. The van der Waals surface area contributed by atoms with Crippen LogP contribution in [0.3, 0.4) is 0 Å². The molecule has 1 atom stereocenters. The van der Waals surface area contributed by atoms with E-state index >= 15 is 0 Å². The Morgan fingerprint density at radius 3 is 2.43 bits per heavy atom. The minimum Gasteiger partial charge on any atom is -0.497 e. The van der Waals surface area contributed by atoms with E-state index in [4.69, 9.17) is 4.74 Å². The summed E-state index contributed by atoms with van der Waals surface area (Å²) in [4.78, 5) is 25.9. The number of nitrogens with zero attached hydrogens (tertiary/aromatic N) is 3. The van der Waals surface area contributed by atoms with Crippen LogP contribution in [0.25, 0.3) is 0 Å². The predicted octanol–water partition coefficient (Wildman–Crippen LogP) is 2.21. The molecule has 1 aromatic carbocycles. The number of methoxy groups -OCH3 is 1. The average Bonchev–Trinajstić information content (AvgIpc) is 2.87. The lowest BCUT2D eigenvalue weighted by molar-refractivity contribution is -0.144. The molecule has 0 saturated heterocycles. The number of carbonyl (C=O) groups excluding carboxylic acids is 1. The molecule has 1 amide bonds. The fourth-order valence-electron chi connectivity index (χ4n) is 3.10. The zero-order valence-corrected chi connectivity index (χ0v) is 17.0. The molecule has 0 aliphatic rings. The molecule has 1 unspecified atom stereocenters. The lowest BCUT2D eigenvalue weighted by atomic mass is 10.0. The number of nitrogens with one attached hydrogen (secondary N) is 1. The highest BCUT2D eigenvalue weighted by molar-refractivity contribution is 5.93. The van der Waals surface area contributed by atoms with Crippen molar-refractivity contribution in [2.24, 2.45) is 13.0 Å². The summed E-state index contributed by atoms with van der Waals surface area (Å²) in [5.74, 6) is -1.44. The lowest BCUT2D eigenvalue weighted by Crippen LogP contribution is -2.33. The van der Waals surface area contributed by atoms with Crippen LogP contribution in [0.1, 0.15) is 23.4 Å². The molecule has 152 valence electrons. The number of carboxylic acids is 1. The molecule has 2 rings (SSSR count). The molecule has 8 heteroatoms. The molecule has 0 aliphatic heterocycles. The number of aliphatic carboxylic acids is 1. The van der Waals surface area contributed by atoms with Crippen molar-refractivity contribution >= 4 is 17.6 Å². The number of anilines is 1. The molecule has 0 spiro atoms. The summed E-state index contributed by atoms with van der Waals surface area (Å²) in [6.45, 7) is 4.77. The van der Waals surface area contributed by atoms with Crippen LogP contribution in [-0.4, -0.2) is 52.4 Å². The maximum atomic E-state index is 12.3. The third-order valence-electron chi connectivity index (χ3n) is 4.77. The van der Waals surface area contributed by atoms with Crippen LogP contribution >= 0.6 is 0 Å². The largest absolute Gasteiger partial charge is 0.497 e. The topological polar surface area (TPSA) is 96.7 Å². The van der Waals surface area contributed by atoms with Crippen LogP contribution in [0.15, 0.2) is 24.3 Å². The number of aromatic nitrogens is 2. The van der Waals surface area contributed by atoms with Crippen molar-refractivity contribution < 1.29 is 19.4 Å². The summed E-state index contributed by atoms with van der Waals surface area (Å²) in [6.07, 6.45) is -0.100. The third-order valence-corrected chi connectivity index (χ3v) is 4.77. The quantitative estimate of drug-likeness (QED) is 0.684. The molecule has 0 radical (unpaired) electrons. The molecule has 1 heterocycles. The number of benzene rings is 1. The van der Waals surface area contributed by atoms with Gasteiger partial charge in [0, 0.05) is 43.5 Å². The van der Waals surface area contributed by atoms with Crippen LogP contribution in [-0.2, 0) is 23.2 Å². The number of rotatable bonds is 9. The van der Waals surface area contributed by atoms with Gasteiger partial charge < -0.3 is 20.1 Å². The minimum absolute atomic E-state index is 0.100. The van der Waals surface area contributed by atoms with Gasteiger partial charge in [-0.05, 0) is 45.2 Å². The highest BCUT2D eigenvalue weighted by Crippen LogP contribution is 2.18. The molecule has 0 aliphatic carbocycles. The van der Waals surface area contributed by atoms with E-state index in [9.17, 15) is 14.7 Å². The van der Waals surface area contributed by atoms with Crippen molar-refractivity contribution in [1.82, 2.24) is 14.7 Å². The van der Waals surface area contributed by atoms with Gasteiger partial charge in [0.2, 0.25) is 5.91 Å². The summed E-state index contributed by atoms with van der Waals surface area (Å²) in [5, 5.41) is 16.7. The molecular weight excluding hydrogens is 360 g/mol. The van der Waals surface area contributed by atoms with E-state index in [2.05, 4.69) is 10.4 Å². The number of hydrogen-bond donors (Lipinski definition) is 2. The molecule has 8 nitrogen and oxygen atoms in total. The predicted molar refractivity (Wildman–Crippen MR) is 106 cm³/mol. The van der Waals surface area contributed by atoms with E-state index in [0.717, 1.165) is 17.0 Å². The van der Waals surface area contributed by atoms with Gasteiger partial charge in [-0.3, -0.25) is 14.3 Å². The molecule has 28 heavy (non-hydrogen) atoms. The van der Waals surface area contributed by atoms with Crippen molar-refractivity contribution in [2.45, 2.75) is 26.8 Å². The second kappa shape index (κ2) is 9.36. The van der Waals surface area contributed by atoms with Gasteiger partial charge in [0.05, 0.1) is 18.7 Å². The Hall–Kier alpha value is -2.87. The molecular formula is C20H28N4O4. The smallest absolute Gasteiger partial charge is 0.308 e. The SMILES string of the molecule is COc1ccc(NC(=O)CC(CN(C)Cc2c(C)nn(C)c2C)C(=O)O)cc1. The van der Waals surface area contributed by atoms with E-state index in [-0.39, 0.29) is 18.9 Å². The Bertz CT molecular complexity index is 829. The highest BCUT2D eigenvalue weighted by Gasteiger charge is 2.24. The lowest BCUT2D eigenvalue weighted by Gasteiger charge is -2.21. The van der Waals surface area contributed by atoms with Gasteiger partial charge in [-0.1, -0.05) is 0 Å². The van der Waals surface area contributed by atoms with E-state index in [1.807, 2.05) is 37.5 Å². The van der Waals surface area contributed by atoms with Gasteiger partial charge in [-0.25, -0.2) is 0 Å². The zero-order chi connectivity index (χ0) is 20.8. The van der Waals surface area contributed by atoms with E-state index in [0.29, 0.717) is 18.0 Å². The fourth-order valence-corrected chi connectivity index (χ4v) is 3.10. The average molecular weight is 388 g/mol. The Morgan fingerprint density at radius 1 is 1.29 bits per heavy atom. The molecule has 0 bridgehead atoms. The molecule has 2 N–H and O–H groups in total. The van der Waals surface area contributed by atoms with Gasteiger partial charge in [0.15, 0.2) is 0 Å². The number of aryl methyl sites for hydroxylation is 2. The second-order valence-electron chi connectivity index (χ2n) is 6.99. The van der Waals surface area contributed by atoms with E-state index in [1.54, 1.807) is 31.4 Å². The van der Waals surface area contributed by atoms with Crippen molar-refractivity contribution in [1.29, 1.82) is 0 Å². The molecule has 0 saturated carbocycles. The maximum Gasteiger partial charge on any atom is 0.308 e. The summed E-state index contributed by atoms with van der Waals surface area (Å²) in [5.41, 5.74) is 3.66. The summed E-state index contributed by atoms with van der Waals surface area (Å²) in [6, 6.07) is 6.90. The number of ether oxygens (including phenoxy) is 1. The fraction of sp³-hybridized carbons (Fsp3) is 0.450. The van der Waals surface area contributed by atoms with Crippen LogP contribution in [0, 0.1) is 19.8 Å². The standard InChI is InChI=1S/C20H28N4O4/c1-13-18(14(2)24(4)22-13)12-23(3)11-15(20(26)27)10-19(25)21-16-6-8-17(28-5)9-7-16/h6-9,15H,10-12H2,1-5H3,(H,21,25)(H,26,27). The van der Waals surface area contributed by atoms with E-state index < -0.39 is 11.9 Å². The minimum atomic E-state index is -0.989. The first-order valence-electron chi connectivity index (χ1n) is 9.05. The molecule has 1 aromatic heterocycles. The van der Waals surface area contributed by atoms with Crippen LogP contribution < -0.4 is 10.1 Å². The highest BCUT2D eigenvalue weighted by atomic mass is 16.5. The summed E-state index contributed by atoms with van der Waals surface area (Å²) >= 11 is 0. The second-order valence-corrected chi connectivity index (χ2v) is 6.99. The monoisotopic (exact) mass is 388 g/mol. The summed E-state index contributed by atoms with van der Waals surface area (Å²) in [7, 11) is 5.30. The first-order valence-corrected chi connectivity index (χ1v) is 9.05. The Kier molecular flexibility index (Phi) is 7.17. The van der Waals surface area contributed by atoms with Gasteiger partial charge in [-0.15, -0.1) is 0 Å². The number of hydrogen-bond acceptors (Lipinski definition) is 5. The zero-order valence-electron chi connectivity index (χ0n) is 17.0. The Labute approximate surface area is 165 Å². The van der Waals surface area contributed by atoms with Crippen molar-refractivity contribution in [3.63, 3.8) is 0 Å². The summed E-state index contributed by atoms with van der Waals surface area (Å²) < 4.78 is 6.89. The number of amides is 1. The van der Waals surface area contributed by atoms with Crippen molar-refractivity contribution in [3.05, 3.63) is 41.2 Å². The van der Waals surface area contributed by atoms with Crippen molar-refractivity contribution in [2.75, 3.05) is 26.0 Å². The normalized spacial score (nSPS) is 12.1. The molecule has 2 aromatic rings. The van der Waals surface area contributed by atoms with Crippen LogP contribution in [0.4, 0.5) is 5.69 Å². The van der Waals surface area contributed by atoms with Gasteiger partial charge in [-0.2, -0.15) is 5.10 Å². The van der Waals surface area contributed by atoms with Gasteiger partial charge >= 0.3 is 5.97 Å². The Balaban J connectivity index is 1.96. The van der Waals surface area contributed by atoms with Gasteiger partial charge in [0.25, 0.3) is 0 Å². The molecule has 0 fully saturated rings. The van der Waals surface area contributed by atoms with Gasteiger partial charge in [0.1, 0.15) is 5.75 Å². The maximum absolute atomic E-state index is 12.3. The number of carboxylic acid groups (broad SMARTS) is 1. The first kappa shape index (κ1) is 21.4. The van der Waals surface area contributed by atoms with Crippen LogP contribution in [0.5, 0.6) is 5.75 Å². The van der Waals surface area contributed by atoms with Crippen molar-refractivity contribution in [3.8, 4) is 5.75 Å².